The molecule has 4 unspecified atom stereocenters. The first-order chi connectivity index (χ1) is 7.40. The van der Waals surface area contributed by atoms with E-state index >= 15 is 0 Å². The molecule has 0 aromatic rings. The van der Waals surface area contributed by atoms with E-state index in [0.717, 1.165) is 37.8 Å². The van der Waals surface area contributed by atoms with Gasteiger partial charge in [-0.05, 0) is 0 Å². The Bertz CT molecular complexity index is 199. The van der Waals surface area contributed by atoms with Crippen LogP contribution < -0.4 is 0 Å². The predicted molar refractivity (Wildman–Crippen MR) is 66.9 cm³/mol. The summed E-state index contributed by atoms with van der Waals surface area (Å²) in [6, 6.07) is 0. The Labute approximate surface area is 106 Å². The van der Waals surface area contributed by atoms with Crippen LogP contribution in [0.4, 0.5) is 0 Å². The molecule has 86 valence electrons. The molecular formula is C10H16O2S2Se. The average molecular weight is 311 g/mol. The van der Waals surface area contributed by atoms with Gasteiger partial charge >= 0.3 is 106 Å². The monoisotopic (exact) mass is 312 g/mol. The molecule has 3 aliphatic rings. The number of thioether (sulfide) groups is 2. The molecule has 0 N–H and O–H groups in total. The number of hydrogen-bond donors (Lipinski definition) is 0. The standard InChI is InChI=1S/C10H16O2S2Se/c1-2-8(6-14-10-4-12-10)15-7(1)5-13-9-3-11-9/h7-10H,1-6H2. The zero-order valence-corrected chi connectivity index (χ0v) is 11.9. The summed E-state index contributed by atoms with van der Waals surface area (Å²) in [6.07, 6.45) is 2.94. The molecule has 0 aliphatic carbocycles. The summed E-state index contributed by atoms with van der Waals surface area (Å²) >= 11 is 4.96. The Balaban J connectivity index is 1.30. The van der Waals surface area contributed by atoms with Crippen molar-refractivity contribution in [3.05, 3.63) is 0 Å². The van der Waals surface area contributed by atoms with Crippen LogP contribution in [0.5, 0.6) is 0 Å². The van der Waals surface area contributed by atoms with Gasteiger partial charge in [0.1, 0.15) is 0 Å². The molecule has 3 aliphatic heterocycles. The minimum absolute atomic E-state index is 0.564. The fourth-order valence-corrected chi connectivity index (χ4v) is 7.88. The van der Waals surface area contributed by atoms with Crippen molar-refractivity contribution >= 4 is 38.5 Å². The maximum absolute atomic E-state index is 5.23. The molecule has 3 fully saturated rings. The second-order valence-electron chi connectivity index (χ2n) is 4.15. The van der Waals surface area contributed by atoms with E-state index in [0.29, 0.717) is 10.9 Å². The summed E-state index contributed by atoms with van der Waals surface area (Å²) in [5.41, 5.74) is 1.13. The van der Waals surface area contributed by atoms with Crippen molar-refractivity contribution in [3.63, 3.8) is 0 Å². The summed E-state index contributed by atoms with van der Waals surface area (Å²) in [5.74, 6) is 2.71. The van der Waals surface area contributed by atoms with Crippen LogP contribution in [0.3, 0.4) is 0 Å². The van der Waals surface area contributed by atoms with Gasteiger partial charge in [0.25, 0.3) is 0 Å². The van der Waals surface area contributed by atoms with Crippen LogP contribution in [-0.2, 0) is 9.47 Å². The van der Waals surface area contributed by atoms with Gasteiger partial charge in [0.15, 0.2) is 0 Å². The first kappa shape index (κ1) is 11.2. The van der Waals surface area contributed by atoms with Crippen LogP contribution >= 0.6 is 23.5 Å². The van der Waals surface area contributed by atoms with Gasteiger partial charge in [-0.15, -0.1) is 0 Å². The molecular weight excluding hydrogens is 295 g/mol. The van der Waals surface area contributed by atoms with E-state index in [1.54, 1.807) is 0 Å². The van der Waals surface area contributed by atoms with Crippen LogP contribution in [0.1, 0.15) is 12.8 Å². The van der Waals surface area contributed by atoms with Crippen LogP contribution in [0.15, 0.2) is 0 Å². The fraction of sp³-hybridized carbons (Fsp3) is 1.00. The maximum atomic E-state index is 5.23. The van der Waals surface area contributed by atoms with E-state index in [1.807, 2.05) is 23.5 Å². The second kappa shape index (κ2) is 5.19. The van der Waals surface area contributed by atoms with Crippen molar-refractivity contribution in [2.24, 2.45) is 0 Å². The molecule has 0 radical (unpaired) electrons. The van der Waals surface area contributed by atoms with Gasteiger partial charge in [0.2, 0.25) is 0 Å². The van der Waals surface area contributed by atoms with E-state index in [1.165, 1.54) is 24.3 Å². The second-order valence-corrected chi connectivity index (χ2v) is 9.90. The third kappa shape index (κ3) is 3.83. The molecule has 5 heteroatoms. The van der Waals surface area contributed by atoms with E-state index in [9.17, 15) is 0 Å². The Kier molecular flexibility index (Phi) is 3.89. The topological polar surface area (TPSA) is 25.1 Å². The Morgan fingerprint density at radius 3 is 1.80 bits per heavy atom. The molecule has 0 saturated carbocycles. The summed E-state index contributed by atoms with van der Waals surface area (Å²) in [5, 5.41) is 0. The molecule has 0 aromatic heterocycles. The molecule has 3 saturated heterocycles. The molecule has 0 aromatic carbocycles. The number of hydrogen-bond acceptors (Lipinski definition) is 4. The average Bonchev–Trinajstić information content (AvgIpc) is 3.14. The van der Waals surface area contributed by atoms with Gasteiger partial charge in [0, 0.05) is 0 Å². The summed E-state index contributed by atoms with van der Waals surface area (Å²) < 4.78 is 10.5. The number of rotatable bonds is 6. The quantitative estimate of drug-likeness (QED) is 0.555. The van der Waals surface area contributed by atoms with Gasteiger partial charge in [0.05, 0.1) is 0 Å². The number of ether oxygens (including phenoxy) is 2. The molecule has 0 bridgehead atoms. The Morgan fingerprint density at radius 1 is 0.933 bits per heavy atom. The van der Waals surface area contributed by atoms with E-state index in [-0.39, 0.29) is 0 Å². The molecule has 0 spiro atoms. The Hall–Kier alpha value is 1.14. The molecule has 15 heavy (non-hydrogen) atoms. The first-order valence-corrected chi connectivity index (χ1v) is 9.59. The first-order valence-electron chi connectivity index (χ1n) is 5.52. The van der Waals surface area contributed by atoms with Gasteiger partial charge in [-0.3, -0.25) is 0 Å². The Morgan fingerprint density at radius 2 is 1.40 bits per heavy atom. The molecule has 4 atom stereocenters. The van der Waals surface area contributed by atoms with Crippen molar-refractivity contribution < 1.29 is 9.47 Å². The predicted octanol–water partition coefficient (Wildman–Crippen LogP) is 2.24. The van der Waals surface area contributed by atoms with Crippen molar-refractivity contribution in [2.75, 3.05) is 24.7 Å². The van der Waals surface area contributed by atoms with Crippen LogP contribution in [0, 0.1) is 0 Å². The van der Waals surface area contributed by atoms with E-state index in [2.05, 4.69) is 0 Å². The summed E-state index contributed by atoms with van der Waals surface area (Å²) in [7, 11) is 0. The summed E-state index contributed by atoms with van der Waals surface area (Å²) in [6.45, 7) is 2.01. The third-order valence-electron chi connectivity index (χ3n) is 2.74. The molecule has 0 amide bonds. The third-order valence-corrected chi connectivity index (χ3v) is 9.47. The SMILES string of the molecule is C1OC1SCC1CCC(CSC2CO2)[Se]1. The minimum atomic E-state index is 0.564. The van der Waals surface area contributed by atoms with Crippen molar-refractivity contribution in [1.82, 2.24) is 0 Å². The van der Waals surface area contributed by atoms with Crippen LogP contribution in [-0.4, -0.2) is 50.5 Å². The molecule has 3 rings (SSSR count). The van der Waals surface area contributed by atoms with Crippen LogP contribution in [0.25, 0.3) is 0 Å². The van der Waals surface area contributed by atoms with Crippen molar-refractivity contribution in [3.8, 4) is 0 Å². The molecule has 2 nitrogen and oxygen atoms in total. The van der Waals surface area contributed by atoms with E-state index < -0.39 is 0 Å². The van der Waals surface area contributed by atoms with Crippen molar-refractivity contribution in [1.29, 1.82) is 0 Å². The van der Waals surface area contributed by atoms with Gasteiger partial charge in [-0.25, -0.2) is 0 Å². The van der Waals surface area contributed by atoms with Crippen molar-refractivity contribution in [2.45, 2.75) is 33.3 Å². The summed E-state index contributed by atoms with van der Waals surface area (Å²) in [4.78, 5) is 2.05. The van der Waals surface area contributed by atoms with E-state index in [4.69, 9.17) is 9.47 Å². The van der Waals surface area contributed by atoms with Gasteiger partial charge < -0.3 is 0 Å². The van der Waals surface area contributed by atoms with Gasteiger partial charge in [-0.2, -0.15) is 0 Å². The fourth-order valence-electron chi connectivity index (χ4n) is 1.73. The zero-order chi connectivity index (χ0) is 10.1. The normalized spacial score (nSPS) is 43.2. The van der Waals surface area contributed by atoms with Crippen LogP contribution in [0.2, 0.25) is 9.63 Å². The zero-order valence-electron chi connectivity index (χ0n) is 8.59. The van der Waals surface area contributed by atoms with Gasteiger partial charge in [-0.1, -0.05) is 0 Å². The number of epoxide rings is 2. The molecule has 3 heterocycles.